The van der Waals surface area contributed by atoms with Crippen LogP contribution in [0.4, 0.5) is 4.79 Å². The number of likely N-dealkylation sites (tertiary alicyclic amines) is 1. The van der Waals surface area contributed by atoms with E-state index < -0.39 is 36.9 Å². The predicted molar refractivity (Wildman–Crippen MR) is 164 cm³/mol. The first-order valence-electron chi connectivity index (χ1n) is 14.7. The second-order valence-corrected chi connectivity index (χ2v) is 18.6. The van der Waals surface area contributed by atoms with Crippen molar-refractivity contribution in [2.75, 3.05) is 26.4 Å². The van der Waals surface area contributed by atoms with Crippen molar-refractivity contribution in [2.24, 2.45) is 5.92 Å². The Morgan fingerprint density at radius 1 is 0.927 bits per heavy atom. The Labute approximate surface area is 247 Å². The number of amides is 1. The van der Waals surface area contributed by atoms with Crippen molar-refractivity contribution in [3.63, 3.8) is 0 Å². The highest BCUT2D eigenvalue weighted by Crippen LogP contribution is 2.48. The molecule has 0 radical (unpaired) electrons. The lowest BCUT2D eigenvalue weighted by Crippen LogP contribution is -2.69. The fourth-order valence-corrected chi connectivity index (χ4v) is 11.0. The second kappa shape index (κ2) is 11.1. The number of ether oxygens (including phenoxy) is 3. The molecule has 0 bridgehead atoms. The molecule has 1 amide bonds. The van der Waals surface area contributed by atoms with Gasteiger partial charge in [-0.2, -0.15) is 0 Å². The standard InChI is InChI=1S/C33H49NO6Si/c1-29(2,3)40-28(35)34-22-25(32(9,36)33(34)23-37-31(7,8)38-24-33)20-21-39-41(30(4,5)6,26-16-12-10-13-17-26)27-18-14-11-15-19-27/h10-19,25,36H,20-24H2,1-9H3/t25-,32+/m0/s1. The van der Waals surface area contributed by atoms with Gasteiger partial charge in [-0.1, -0.05) is 81.4 Å². The van der Waals surface area contributed by atoms with Gasteiger partial charge in [0.05, 0.1) is 18.8 Å². The Morgan fingerprint density at radius 3 is 1.85 bits per heavy atom. The van der Waals surface area contributed by atoms with Gasteiger partial charge in [-0.3, -0.25) is 4.90 Å². The lowest BCUT2D eigenvalue weighted by Gasteiger charge is -2.51. The van der Waals surface area contributed by atoms with E-state index in [2.05, 4.69) is 69.3 Å². The van der Waals surface area contributed by atoms with Crippen LogP contribution in [0, 0.1) is 5.92 Å². The zero-order valence-corrected chi connectivity index (χ0v) is 27.3. The first-order valence-corrected chi connectivity index (χ1v) is 16.6. The minimum Gasteiger partial charge on any atom is -0.444 e. The first kappa shape index (κ1) is 31.7. The number of benzene rings is 2. The van der Waals surface area contributed by atoms with Crippen LogP contribution < -0.4 is 10.4 Å². The summed E-state index contributed by atoms with van der Waals surface area (Å²) in [7, 11) is -2.74. The maximum atomic E-state index is 13.5. The average molecular weight is 584 g/mol. The topological polar surface area (TPSA) is 77.5 Å². The van der Waals surface area contributed by atoms with E-state index in [9.17, 15) is 9.90 Å². The summed E-state index contributed by atoms with van der Waals surface area (Å²) >= 11 is 0. The molecule has 41 heavy (non-hydrogen) atoms. The van der Waals surface area contributed by atoms with Crippen molar-refractivity contribution in [1.82, 2.24) is 4.90 Å². The third kappa shape index (κ3) is 6.00. The van der Waals surface area contributed by atoms with Crippen molar-refractivity contribution < 1.29 is 28.5 Å². The summed E-state index contributed by atoms with van der Waals surface area (Å²) in [6, 6.07) is 21.1. The zero-order valence-electron chi connectivity index (χ0n) is 26.3. The molecule has 2 aromatic carbocycles. The van der Waals surface area contributed by atoms with Gasteiger partial charge in [-0.05, 0) is 63.4 Å². The number of carbonyl (C=O) groups is 1. The molecule has 1 spiro atoms. The van der Waals surface area contributed by atoms with Crippen molar-refractivity contribution in [1.29, 1.82) is 0 Å². The van der Waals surface area contributed by atoms with Gasteiger partial charge in [-0.15, -0.1) is 0 Å². The Bertz CT molecular complexity index is 1140. The maximum Gasteiger partial charge on any atom is 0.411 e. The van der Waals surface area contributed by atoms with Crippen LogP contribution in [0.5, 0.6) is 0 Å². The van der Waals surface area contributed by atoms with E-state index in [0.29, 0.717) is 19.6 Å². The largest absolute Gasteiger partial charge is 0.444 e. The summed E-state index contributed by atoms with van der Waals surface area (Å²) in [5.41, 5.74) is -3.05. The van der Waals surface area contributed by atoms with Crippen molar-refractivity contribution in [3.8, 4) is 0 Å². The van der Waals surface area contributed by atoms with Gasteiger partial charge in [0.25, 0.3) is 8.32 Å². The van der Waals surface area contributed by atoms with E-state index in [1.54, 1.807) is 11.8 Å². The molecule has 226 valence electrons. The Morgan fingerprint density at radius 2 is 1.41 bits per heavy atom. The lowest BCUT2D eigenvalue weighted by atomic mass is 9.75. The van der Waals surface area contributed by atoms with Crippen molar-refractivity contribution in [2.45, 2.75) is 96.3 Å². The van der Waals surface area contributed by atoms with Crippen LogP contribution in [0.25, 0.3) is 0 Å². The second-order valence-electron chi connectivity index (χ2n) is 14.2. The molecule has 2 aliphatic rings. The van der Waals surface area contributed by atoms with Crippen molar-refractivity contribution in [3.05, 3.63) is 60.7 Å². The molecule has 0 saturated carbocycles. The highest BCUT2D eigenvalue weighted by Gasteiger charge is 2.65. The van der Waals surface area contributed by atoms with Crippen LogP contribution in [0.1, 0.15) is 68.7 Å². The summed E-state index contributed by atoms with van der Waals surface area (Å²) < 4.78 is 25.1. The molecule has 1 N–H and O–H groups in total. The normalized spacial score (nSPS) is 24.4. The molecule has 2 atom stereocenters. The van der Waals surface area contributed by atoms with Crippen LogP contribution in [0.15, 0.2) is 60.7 Å². The van der Waals surface area contributed by atoms with Gasteiger partial charge < -0.3 is 23.7 Å². The fraction of sp³-hybridized carbons (Fsp3) is 0.606. The van der Waals surface area contributed by atoms with Gasteiger partial charge >= 0.3 is 6.09 Å². The average Bonchev–Trinajstić information content (AvgIpc) is 3.09. The predicted octanol–water partition coefficient (Wildman–Crippen LogP) is 5.09. The Kier molecular flexibility index (Phi) is 8.59. The molecular formula is C33H49NO6Si. The Balaban J connectivity index is 1.65. The summed E-state index contributed by atoms with van der Waals surface area (Å²) in [6.45, 7) is 18.8. The lowest BCUT2D eigenvalue weighted by molar-refractivity contribution is -0.301. The summed E-state index contributed by atoms with van der Waals surface area (Å²) in [5, 5.41) is 14.4. The van der Waals surface area contributed by atoms with Crippen LogP contribution >= 0.6 is 0 Å². The van der Waals surface area contributed by atoms with Gasteiger partial charge in [0.2, 0.25) is 0 Å². The number of carbonyl (C=O) groups excluding carboxylic acids is 1. The van der Waals surface area contributed by atoms with E-state index in [-0.39, 0.29) is 24.2 Å². The number of hydrogen-bond donors (Lipinski definition) is 1. The smallest absolute Gasteiger partial charge is 0.411 e. The van der Waals surface area contributed by atoms with Crippen LogP contribution in [-0.4, -0.2) is 73.3 Å². The number of hydrogen-bond acceptors (Lipinski definition) is 6. The third-order valence-corrected chi connectivity index (χ3v) is 13.8. The zero-order chi connectivity index (χ0) is 30.3. The minimum absolute atomic E-state index is 0.151. The molecule has 0 unspecified atom stereocenters. The first-order chi connectivity index (χ1) is 19.0. The van der Waals surface area contributed by atoms with Gasteiger partial charge in [0.1, 0.15) is 11.1 Å². The van der Waals surface area contributed by atoms with E-state index in [1.165, 1.54) is 10.4 Å². The van der Waals surface area contributed by atoms with E-state index in [1.807, 2.05) is 46.8 Å². The summed E-state index contributed by atoms with van der Waals surface area (Å²) in [6.07, 6.45) is 0.0853. The van der Waals surface area contributed by atoms with Gasteiger partial charge in [-0.25, -0.2) is 4.79 Å². The summed E-state index contributed by atoms with van der Waals surface area (Å²) in [5.74, 6) is -1.08. The molecule has 0 aliphatic carbocycles. The van der Waals surface area contributed by atoms with Crippen LogP contribution in [0.3, 0.4) is 0 Å². The van der Waals surface area contributed by atoms with E-state index in [0.717, 1.165) is 0 Å². The molecule has 7 nitrogen and oxygen atoms in total. The molecule has 2 fully saturated rings. The number of rotatable bonds is 6. The molecule has 4 rings (SSSR count). The van der Waals surface area contributed by atoms with E-state index >= 15 is 0 Å². The maximum absolute atomic E-state index is 13.5. The molecule has 2 saturated heterocycles. The quantitative estimate of drug-likeness (QED) is 0.478. The van der Waals surface area contributed by atoms with Gasteiger partial charge in [0, 0.05) is 19.1 Å². The minimum atomic E-state index is -2.74. The molecule has 2 aliphatic heterocycles. The summed E-state index contributed by atoms with van der Waals surface area (Å²) in [4.78, 5) is 15.2. The van der Waals surface area contributed by atoms with Crippen LogP contribution in [-0.2, 0) is 18.6 Å². The fourth-order valence-electron chi connectivity index (χ4n) is 6.40. The van der Waals surface area contributed by atoms with E-state index in [4.69, 9.17) is 18.6 Å². The van der Waals surface area contributed by atoms with Crippen molar-refractivity contribution >= 4 is 24.8 Å². The molecule has 8 heteroatoms. The van der Waals surface area contributed by atoms with Crippen LogP contribution in [0.2, 0.25) is 5.04 Å². The molecule has 2 heterocycles. The highest BCUT2D eigenvalue weighted by molar-refractivity contribution is 6.99. The third-order valence-electron chi connectivity index (χ3n) is 8.79. The monoisotopic (exact) mass is 583 g/mol. The van der Waals surface area contributed by atoms with Gasteiger partial charge in [0.15, 0.2) is 5.79 Å². The molecular weight excluding hydrogens is 534 g/mol. The number of nitrogens with zero attached hydrogens (tertiary/aromatic N) is 1. The molecule has 2 aromatic rings. The highest BCUT2D eigenvalue weighted by atomic mass is 28.4. The number of aliphatic hydroxyl groups is 1. The SMILES string of the molecule is CC(C)(C)OC(=O)N1C[C@H](CCO[Si](c2ccccc2)(c2ccccc2)C(C)(C)C)[C@@](C)(O)C12COC(C)(C)OC2. The Hall–Kier alpha value is -2.23. The molecule has 0 aromatic heterocycles.